The van der Waals surface area contributed by atoms with Gasteiger partial charge in [-0.25, -0.2) is 4.58 Å². The molecule has 34 heavy (non-hydrogen) atoms. The average molecular weight is 457 g/mol. The molecule has 0 saturated heterocycles. The van der Waals surface area contributed by atoms with Crippen molar-refractivity contribution in [3.8, 4) is 0 Å². The number of allylic oxidation sites excluding steroid dienone is 7. The van der Waals surface area contributed by atoms with E-state index in [4.69, 9.17) is 5.11 Å². The number of carboxylic acids is 1. The lowest BCUT2D eigenvalue weighted by Gasteiger charge is -2.18. The fourth-order valence-corrected chi connectivity index (χ4v) is 3.65. The van der Waals surface area contributed by atoms with Crippen LogP contribution >= 0.6 is 0 Å². The van der Waals surface area contributed by atoms with Gasteiger partial charge in [-0.2, -0.15) is 0 Å². The van der Waals surface area contributed by atoms with Crippen LogP contribution in [0.4, 0.5) is 11.4 Å². The highest BCUT2D eigenvalue weighted by Crippen LogP contribution is 2.27. The first kappa shape index (κ1) is 24.8. The molecule has 1 aliphatic rings. The van der Waals surface area contributed by atoms with Crippen LogP contribution in [0, 0.1) is 0 Å². The third kappa shape index (κ3) is 6.58. The Morgan fingerprint density at radius 1 is 0.882 bits per heavy atom. The van der Waals surface area contributed by atoms with Crippen LogP contribution in [0.15, 0.2) is 84.5 Å². The van der Waals surface area contributed by atoms with Crippen molar-refractivity contribution in [3.63, 3.8) is 0 Å². The van der Waals surface area contributed by atoms with E-state index in [0.717, 1.165) is 39.4 Å². The predicted octanol–water partition coefficient (Wildman–Crippen LogP) is 4.97. The van der Waals surface area contributed by atoms with E-state index in [1.807, 2.05) is 52.3 Å². The number of carbonyl (C=O) groups is 1. The van der Waals surface area contributed by atoms with Gasteiger partial charge in [-0.05, 0) is 58.7 Å². The van der Waals surface area contributed by atoms with Crippen LogP contribution in [-0.2, 0) is 4.79 Å². The second-order valence-corrected chi connectivity index (χ2v) is 8.79. The summed E-state index contributed by atoms with van der Waals surface area (Å²) >= 11 is 0. The first-order valence-electron chi connectivity index (χ1n) is 11.4. The molecule has 0 aliphatic heterocycles. The van der Waals surface area contributed by atoms with Gasteiger partial charge in [0, 0.05) is 51.2 Å². The van der Waals surface area contributed by atoms with Crippen molar-refractivity contribution in [2.45, 2.75) is 6.42 Å². The summed E-state index contributed by atoms with van der Waals surface area (Å²) in [6.45, 7) is 0.480. The Labute approximate surface area is 203 Å². The summed E-state index contributed by atoms with van der Waals surface area (Å²) in [5, 5.41) is 8.90. The van der Waals surface area contributed by atoms with Gasteiger partial charge < -0.3 is 14.9 Å². The Morgan fingerprint density at radius 3 is 2.00 bits per heavy atom. The molecule has 2 aromatic carbocycles. The van der Waals surface area contributed by atoms with E-state index in [9.17, 15) is 4.79 Å². The molecule has 1 N–H and O–H groups in total. The van der Waals surface area contributed by atoms with Gasteiger partial charge in [0.2, 0.25) is 0 Å². The lowest BCUT2D eigenvalue weighted by atomic mass is 9.95. The maximum atomic E-state index is 10.8. The van der Waals surface area contributed by atoms with Gasteiger partial charge in [-0.15, -0.1) is 0 Å². The van der Waals surface area contributed by atoms with Crippen LogP contribution in [0.1, 0.15) is 17.5 Å². The SMILES string of the molecule is CN(C)c1ccc(C(/C=C/c2ccc(N(C)CCC(=O)O)cc2)=C2C=CC(=[N+](C)C)C=C2)cc1. The molecule has 0 aromatic heterocycles. The molecule has 0 atom stereocenters. The van der Waals surface area contributed by atoms with E-state index in [2.05, 4.69) is 82.3 Å². The number of rotatable bonds is 8. The minimum absolute atomic E-state index is 0.121. The molecule has 0 amide bonds. The van der Waals surface area contributed by atoms with Gasteiger partial charge in [0.25, 0.3) is 0 Å². The molecule has 0 heterocycles. The molecular weight excluding hydrogens is 422 g/mol. The third-order valence-electron chi connectivity index (χ3n) is 5.83. The molecule has 176 valence electrons. The van der Waals surface area contributed by atoms with Crippen LogP contribution < -0.4 is 9.80 Å². The number of hydrogen-bond acceptors (Lipinski definition) is 3. The molecule has 0 spiro atoms. The quantitative estimate of drug-likeness (QED) is 0.570. The van der Waals surface area contributed by atoms with Crippen molar-refractivity contribution in [2.75, 3.05) is 51.6 Å². The van der Waals surface area contributed by atoms with Gasteiger partial charge in [0.15, 0.2) is 5.71 Å². The highest BCUT2D eigenvalue weighted by molar-refractivity contribution is 6.03. The fourth-order valence-electron chi connectivity index (χ4n) is 3.65. The van der Waals surface area contributed by atoms with Gasteiger partial charge in [0.1, 0.15) is 14.1 Å². The summed E-state index contributed by atoms with van der Waals surface area (Å²) in [4.78, 5) is 14.9. The van der Waals surface area contributed by atoms with Gasteiger partial charge in [-0.1, -0.05) is 36.4 Å². The zero-order chi connectivity index (χ0) is 24.7. The Hall–Kier alpha value is -3.86. The minimum Gasteiger partial charge on any atom is -0.481 e. The molecule has 5 heteroatoms. The van der Waals surface area contributed by atoms with Gasteiger partial charge >= 0.3 is 5.97 Å². The minimum atomic E-state index is -0.785. The van der Waals surface area contributed by atoms with E-state index >= 15 is 0 Å². The van der Waals surface area contributed by atoms with Crippen LogP contribution in [0.2, 0.25) is 0 Å². The smallest absolute Gasteiger partial charge is 0.305 e. The van der Waals surface area contributed by atoms with E-state index in [0.29, 0.717) is 6.54 Å². The molecule has 0 unspecified atom stereocenters. The second kappa shape index (κ2) is 11.3. The van der Waals surface area contributed by atoms with Crippen molar-refractivity contribution in [1.29, 1.82) is 0 Å². The predicted molar refractivity (Wildman–Crippen MR) is 144 cm³/mol. The molecule has 0 bridgehead atoms. The zero-order valence-electron chi connectivity index (χ0n) is 20.7. The maximum Gasteiger partial charge on any atom is 0.305 e. The number of carboxylic acid groups (broad SMARTS) is 1. The summed E-state index contributed by atoms with van der Waals surface area (Å²) in [6.07, 6.45) is 13.0. The summed E-state index contributed by atoms with van der Waals surface area (Å²) in [5.74, 6) is -0.785. The highest BCUT2D eigenvalue weighted by atomic mass is 16.4. The fraction of sp³-hybridized carbons (Fsp3) is 0.241. The number of benzene rings is 2. The van der Waals surface area contributed by atoms with E-state index in [-0.39, 0.29) is 6.42 Å². The Bertz CT molecular complexity index is 1140. The topological polar surface area (TPSA) is 46.8 Å². The Kier molecular flexibility index (Phi) is 8.25. The number of nitrogens with zero attached hydrogens (tertiary/aromatic N) is 3. The summed E-state index contributed by atoms with van der Waals surface area (Å²) in [5.41, 5.74) is 7.88. The van der Waals surface area contributed by atoms with Crippen LogP contribution in [0.5, 0.6) is 0 Å². The van der Waals surface area contributed by atoms with E-state index in [1.165, 1.54) is 0 Å². The molecule has 3 rings (SSSR count). The average Bonchev–Trinajstić information content (AvgIpc) is 2.83. The van der Waals surface area contributed by atoms with Crippen molar-refractivity contribution < 1.29 is 14.5 Å². The van der Waals surface area contributed by atoms with Crippen molar-refractivity contribution >= 4 is 34.7 Å². The van der Waals surface area contributed by atoms with E-state index in [1.54, 1.807) is 0 Å². The number of aliphatic carboxylic acids is 1. The molecular formula is C29H34N3O2+. The molecule has 0 radical (unpaired) electrons. The van der Waals surface area contributed by atoms with E-state index < -0.39 is 5.97 Å². The van der Waals surface area contributed by atoms with Crippen LogP contribution in [0.3, 0.4) is 0 Å². The Morgan fingerprint density at radius 2 is 1.47 bits per heavy atom. The lowest BCUT2D eigenvalue weighted by molar-refractivity contribution is -0.462. The first-order chi connectivity index (χ1) is 16.2. The number of hydrogen-bond donors (Lipinski definition) is 1. The molecule has 1 aliphatic carbocycles. The summed E-state index contributed by atoms with van der Waals surface area (Å²) in [6, 6.07) is 16.8. The van der Waals surface area contributed by atoms with Crippen molar-refractivity contribution in [3.05, 3.63) is 95.6 Å². The van der Waals surface area contributed by atoms with Crippen molar-refractivity contribution in [2.24, 2.45) is 0 Å². The largest absolute Gasteiger partial charge is 0.481 e. The summed E-state index contributed by atoms with van der Waals surface area (Å²) < 4.78 is 2.10. The molecule has 5 nitrogen and oxygen atoms in total. The number of anilines is 2. The normalized spacial score (nSPS) is 12.9. The van der Waals surface area contributed by atoms with Crippen LogP contribution in [-0.4, -0.2) is 63.1 Å². The van der Waals surface area contributed by atoms with Crippen LogP contribution in [0.25, 0.3) is 11.6 Å². The molecule has 0 saturated carbocycles. The standard InChI is InChI=1S/C29H33N3O2/c1-30(2)25-15-9-23(10-16-25)28(24-11-17-26(18-12-24)31(3)4)19-8-22-6-13-27(14-7-22)32(5)21-20-29(33)34/h6-19H,20-21H2,1-5H3/p+1. The molecule has 2 aromatic rings. The van der Waals surface area contributed by atoms with Gasteiger partial charge in [-0.3, -0.25) is 4.79 Å². The maximum absolute atomic E-state index is 10.8. The first-order valence-corrected chi connectivity index (χ1v) is 11.4. The Balaban J connectivity index is 1.90. The van der Waals surface area contributed by atoms with Gasteiger partial charge in [0.05, 0.1) is 6.42 Å². The van der Waals surface area contributed by atoms with Crippen molar-refractivity contribution in [1.82, 2.24) is 0 Å². The summed E-state index contributed by atoms with van der Waals surface area (Å²) in [7, 11) is 10.1. The zero-order valence-corrected chi connectivity index (χ0v) is 20.7. The second-order valence-electron chi connectivity index (χ2n) is 8.79. The highest BCUT2D eigenvalue weighted by Gasteiger charge is 2.10. The molecule has 0 fully saturated rings. The monoisotopic (exact) mass is 456 g/mol. The lowest BCUT2D eigenvalue weighted by Crippen LogP contribution is -2.20. The third-order valence-corrected chi connectivity index (χ3v) is 5.83.